The summed E-state index contributed by atoms with van der Waals surface area (Å²) in [7, 11) is 1.64. The molecule has 1 amide bonds. The van der Waals surface area contributed by atoms with Gasteiger partial charge in [-0.25, -0.2) is 9.97 Å². The molecule has 0 saturated carbocycles. The number of rotatable bonds is 4. The van der Waals surface area contributed by atoms with Gasteiger partial charge >= 0.3 is 6.18 Å². The summed E-state index contributed by atoms with van der Waals surface area (Å²) in [4.78, 5) is 23.8. The highest BCUT2D eigenvalue weighted by molar-refractivity contribution is 6.02. The van der Waals surface area contributed by atoms with Gasteiger partial charge in [0.25, 0.3) is 5.91 Å². The Bertz CT molecular complexity index is 1270. The van der Waals surface area contributed by atoms with Crippen LogP contribution in [-0.4, -0.2) is 25.4 Å². The topological polar surface area (TPSA) is 89.6 Å². The Hall–Kier alpha value is -3.62. The van der Waals surface area contributed by atoms with Crippen LogP contribution < -0.4 is 5.73 Å². The molecule has 1 aromatic carbocycles. The molecule has 0 aliphatic heterocycles. The Kier molecular flexibility index (Phi) is 4.60. The van der Waals surface area contributed by atoms with E-state index in [0.717, 1.165) is 17.5 Å². The number of primary amides is 1. The van der Waals surface area contributed by atoms with Gasteiger partial charge in [0.05, 0.1) is 17.0 Å². The summed E-state index contributed by atoms with van der Waals surface area (Å²) in [5.41, 5.74) is 7.99. The van der Waals surface area contributed by atoms with Crippen LogP contribution in [0.25, 0.3) is 33.5 Å². The average molecular weight is 413 g/mol. The molecule has 4 rings (SSSR count). The summed E-state index contributed by atoms with van der Waals surface area (Å²) < 4.78 is 41.6. The highest BCUT2D eigenvalue weighted by Gasteiger charge is 2.32. The lowest BCUT2D eigenvalue weighted by atomic mass is 9.95. The van der Waals surface area contributed by atoms with Gasteiger partial charge in [0.2, 0.25) is 0 Å². The molecule has 3 N–H and O–H groups in total. The number of aryl methyl sites for hydroxylation is 1. The normalized spacial score (nSPS) is 11.9. The zero-order chi connectivity index (χ0) is 21.6. The first-order valence-corrected chi connectivity index (χ1v) is 9.20. The first kappa shape index (κ1) is 19.7. The van der Waals surface area contributed by atoms with Gasteiger partial charge in [0.15, 0.2) is 0 Å². The summed E-state index contributed by atoms with van der Waals surface area (Å²) in [5.74, 6) is -0.738. The zero-order valence-electron chi connectivity index (χ0n) is 16.2. The van der Waals surface area contributed by atoms with Gasteiger partial charge in [0, 0.05) is 24.2 Å². The number of nitrogens with zero attached hydrogens (tertiary/aromatic N) is 3. The number of H-pyrrole nitrogens is 1. The molecule has 4 aromatic rings. The second-order valence-corrected chi connectivity index (χ2v) is 6.90. The third-order valence-corrected chi connectivity index (χ3v) is 5.17. The number of nitrogens with two attached hydrogens (primary N) is 1. The second-order valence-electron chi connectivity index (χ2n) is 6.90. The Labute approximate surface area is 169 Å². The number of benzene rings is 1. The highest BCUT2D eigenvalue weighted by atomic mass is 19.4. The Morgan fingerprint density at radius 2 is 1.93 bits per heavy atom. The second kappa shape index (κ2) is 7.01. The van der Waals surface area contributed by atoms with Crippen LogP contribution in [0.2, 0.25) is 0 Å². The van der Waals surface area contributed by atoms with Crippen molar-refractivity contribution < 1.29 is 18.0 Å². The van der Waals surface area contributed by atoms with Crippen LogP contribution in [0.4, 0.5) is 13.2 Å². The number of halogens is 3. The fraction of sp³-hybridized carbons (Fsp3) is 0.190. The van der Waals surface area contributed by atoms with Crippen LogP contribution in [-0.2, 0) is 19.6 Å². The summed E-state index contributed by atoms with van der Waals surface area (Å²) in [6.45, 7) is 1.84. The van der Waals surface area contributed by atoms with E-state index in [0.29, 0.717) is 40.1 Å². The number of carbonyl (C=O) groups is 1. The smallest absolute Gasteiger partial charge is 0.364 e. The number of aromatic nitrogens is 4. The molecule has 3 aromatic heterocycles. The quantitative estimate of drug-likeness (QED) is 0.522. The fourth-order valence-electron chi connectivity index (χ4n) is 3.72. The molecule has 0 spiro atoms. The third-order valence-electron chi connectivity index (χ3n) is 5.17. The summed E-state index contributed by atoms with van der Waals surface area (Å²) in [6, 6.07) is 7.00. The molecule has 0 atom stereocenters. The molecule has 0 aliphatic rings. The standard InChI is InChI=1S/C21H18F3N5O/c1-3-11-4-5-12(21(22,23)24)8-14(11)15-9-16(29(2)18(15)19(25)30)17-13-6-7-26-20(13)28-10-27-17/h4-10H,3H2,1-2H3,(H2,25,30)(H,26,27,28). The molecular formula is C21H18F3N5O. The third kappa shape index (κ3) is 3.12. The molecule has 30 heavy (non-hydrogen) atoms. The number of carbonyl (C=O) groups excluding carboxylic acids is 1. The van der Waals surface area contributed by atoms with Crippen LogP contribution >= 0.6 is 0 Å². The Morgan fingerprint density at radius 1 is 1.17 bits per heavy atom. The van der Waals surface area contributed by atoms with Gasteiger partial charge < -0.3 is 15.3 Å². The van der Waals surface area contributed by atoms with E-state index in [2.05, 4.69) is 15.0 Å². The molecule has 0 fully saturated rings. The van der Waals surface area contributed by atoms with Gasteiger partial charge in [-0.15, -0.1) is 0 Å². The molecule has 0 unspecified atom stereocenters. The lowest BCUT2D eigenvalue weighted by Crippen LogP contribution is -2.17. The lowest BCUT2D eigenvalue weighted by molar-refractivity contribution is -0.137. The van der Waals surface area contributed by atoms with Crippen molar-refractivity contribution in [3.05, 3.63) is 59.7 Å². The van der Waals surface area contributed by atoms with E-state index < -0.39 is 17.6 Å². The molecule has 0 aliphatic carbocycles. The molecule has 6 nitrogen and oxygen atoms in total. The summed E-state index contributed by atoms with van der Waals surface area (Å²) >= 11 is 0. The first-order valence-electron chi connectivity index (χ1n) is 9.20. The van der Waals surface area contributed by atoms with Gasteiger partial charge in [-0.05, 0) is 41.8 Å². The van der Waals surface area contributed by atoms with Crippen LogP contribution in [0.1, 0.15) is 28.5 Å². The summed E-state index contributed by atoms with van der Waals surface area (Å²) in [5, 5.41) is 0.723. The average Bonchev–Trinajstić information content (AvgIpc) is 3.31. The van der Waals surface area contributed by atoms with E-state index in [1.165, 1.54) is 12.4 Å². The van der Waals surface area contributed by atoms with Crippen LogP contribution in [0.15, 0.2) is 42.9 Å². The van der Waals surface area contributed by atoms with Crippen molar-refractivity contribution in [1.29, 1.82) is 0 Å². The monoisotopic (exact) mass is 413 g/mol. The maximum absolute atomic E-state index is 13.3. The van der Waals surface area contributed by atoms with Crippen molar-refractivity contribution >= 4 is 16.9 Å². The van der Waals surface area contributed by atoms with Crippen LogP contribution in [0.5, 0.6) is 0 Å². The maximum atomic E-state index is 13.3. The first-order chi connectivity index (χ1) is 14.2. The van der Waals surface area contributed by atoms with Crippen molar-refractivity contribution in [1.82, 2.24) is 19.5 Å². The van der Waals surface area contributed by atoms with E-state index >= 15 is 0 Å². The van der Waals surface area contributed by atoms with Crippen molar-refractivity contribution in [2.24, 2.45) is 12.8 Å². The predicted octanol–water partition coefficient (Wildman–Crippen LogP) is 4.31. The minimum atomic E-state index is -4.50. The van der Waals surface area contributed by atoms with Crippen molar-refractivity contribution in [3.8, 4) is 22.5 Å². The number of aromatic amines is 1. The number of alkyl halides is 3. The van der Waals surface area contributed by atoms with E-state index in [1.54, 1.807) is 29.9 Å². The Morgan fingerprint density at radius 3 is 2.60 bits per heavy atom. The van der Waals surface area contributed by atoms with E-state index in [1.807, 2.05) is 6.92 Å². The SMILES string of the molecule is CCc1ccc(C(F)(F)F)cc1-c1cc(-c2ncnc3[nH]ccc23)n(C)c1C(N)=O. The van der Waals surface area contributed by atoms with Gasteiger partial charge in [-0.1, -0.05) is 13.0 Å². The zero-order valence-corrected chi connectivity index (χ0v) is 16.2. The fourth-order valence-corrected chi connectivity index (χ4v) is 3.72. The molecule has 0 bridgehead atoms. The van der Waals surface area contributed by atoms with Crippen LogP contribution in [0, 0.1) is 0 Å². The molecule has 154 valence electrons. The molecule has 9 heteroatoms. The van der Waals surface area contributed by atoms with E-state index in [4.69, 9.17) is 5.73 Å². The number of hydrogen-bond donors (Lipinski definition) is 2. The van der Waals surface area contributed by atoms with Crippen molar-refractivity contribution in [2.75, 3.05) is 0 Å². The largest absolute Gasteiger partial charge is 0.416 e. The highest BCUT2D eigenvalue weighted by Crippen LogP contribution is 2.38. The van der Waals surface area contributed by atoms with Gasteiger partial charge in [0.1, 0.15) is 17.7 Å². The maximum Gasteiger partial charge on any atom is 0.416 e. The molecule has 3 heterocycles. The van der Waals surface area contributed by atoms with Crippen molar-refractivity contribution in [2.45, 2.75) is 19.5 Å². The minimum Gasteiger partial charge on any atom is -0.364 e. The van der Waals surface area contributed by atoms with E-state index in [-0.39, 0.29) is 5.69 Å². The number of nitrogens with one attached hydrogen (secondary N) is 1. The summed E-state index contributed by atoms with van der Waals surface area (Å²) in [6.07, 6.45) is -0.920. The van der Waals surface area contributed by atoms with Crippen LogP contribution in [0.3, 0.4) is 0 Å². The van der Waals surface area contributed by atoms with Gasteiger partial charge in [-0.3, -0.25) is 4.79 Å². The lowest BCUT2D eigenvalue weighted by Gasteiger charge is -2.13. The van der Waals surface area contributed by atoms with Gasteiger partial charge in [-0.2, -0.15) is 13.2 Å². The Balaban J connectivity index is 2.02. The van der Waals surface area contributed by atoms with Crippen molar-refractivity contribution in [3.63, 3.8) is 0 Å². The number of hydrogen-bond acceptors (Lipinski definition) is 3. The molecule has 0 radical (unpaired) electrons. The minimum absolute atomic E-state index is 0.112. The number of fused-ring (bicyclic) bond motifs is 1. The molecular weight excluding hydrogens is 395 g/mol. The van der Waals surface area contributed by atoms with E-state index in [9.17, 15) is 18.0 Å². The number of amides is 1. The molecule has 0 saturated heterocycles. The predicted molar refractivity (Wildman–Crippen MR) is 107 cm³/mol.